The quantitative estimate of drug-likeness (QED) is 0.668. The van der Waals surface area contributed by atoms with Crippen LogP contribution in [0.5, 0.6) is 0 Å². The maximum Gasteiger partial charge on any atom is 0.279 e. The number of quaternary nitrogens is 1. The molecule has 1 N–H and O–H groups in total. The second kappa shape index (κ2) is 10.4. The van der Waals surface area contributed by atoms with E-state index in [2.05, 4.69) is 29.6 Å². The molecular weight excluding hydrogens is 416 g/mol. The summed E-state index contributed by atoms with van der Waals surface area (Å²) in [5, 5.41) is 2.93. The van der Waals surface area contributed by atoms with Crippen molar-refractivity contribution >= 4 is 11.6 Å². The molecule has 27 heavy (non-hydrogen) atoms. The van der Waals surface area contributed by atoms with Crippen molar-refractivity contribution in [3.05, 3.63) is 65.5 Å². The van der Waals surface area contributed by atoms with E-state index in [1.807, 2.05) is 13.0 Å². The van der Waals surface area contributed by atoms with Crippen LogP contribution in [0.3, 0.4) is 0 Å². The molecule has 0 aromatic heterocycles. The van der Waals surface area contributed by atoms with E-state index in [0.29, 0.717) is 12.2 Å². The molecule has 0 aliphatic carbocycles. The van der Waals surface area contributed by atoms with Gasteiger partial charge in [0.15, 0.2) is 6.54 Å². The third-order valence-corrected chi connectivity index (χ3v) is 5.33. The zero-order valence-corrected chi connectivity index (χ0v) is 18.9. The van der Waals surface area contributed by atoms with Crippen LogP contribution in [0.25, 0.3) is 0 Å². The topological polar surface area (TPSA) is 29.1 Å². The van der Waals surface area contributed by atoms with E-state index in [1.165, 1.54) is 30.5 Å². The van der Waals surface area contributed by atoms with Gasteiger partial charge in [-0.15, -0.1) is 0 Å². The monoisotopic (exact) mass is 444 g/mol. The summed E-state index contributed by atoms with van der Waals surface area (Å²) in [7, 11) is 0. The Hall–Kier alpha value is -1.10. The third kappa shape index (κ3) is 6.48. The number of nitrogens with one attached hydrogen (secondary N) is 1. The number of halogens is 1. The number of benzene rings is 2. The Labute approximate surface area is 186 Å². The van der Waals surface area contributed by atoms with Crippen LogP contribution in [-0.4, -0.2) is 30.0 Å². The maximum absolute atomic E-state index is 13.5. The van der Waals surface area contributed by atoms with Gasteiger partial charge in [0, 0.05) is 44.0 Å². The van der Waals surface area contributed by atoms with Crippen molar-refractivity contribution in [1.82, 2.24) is 0 Å². The number of carbonyl (C=O) groups is 1. The Morgan fingerprint density at radius 2 is 1.70 bits per heavy atom. The van der Waals surface area contributed by atoms with Crippen LogP contribution < -0.4 is 5.32 Å². The largest absolute Gasteiger partial charge is 0.321 e. The van der Waals surface area contributed by atoms with E-state index in [-0.39, 0.29) is 44.4 Å². The number of rotatable bonds is 5. The van der Waals surface area contributed by atoms with Gasteiger partial charge in [0.05, 0.1) is 13.1 Å². The summed E-state index contributed by atoms with van der Waals surface area (Å²) in [6.45, 7) is 5.23. The molecule has 0 unspecified atom stereocenters. The number of aryl methyl sites for hydroxylation is 1. The van der Waals surface area contributed by atoms with Crippen LogP contribution in [0.1, 0.15) is 36.8 Å². The van der Waals surface area contributed by atoms with E-state index in [9.17, 15) is 9.18 Å². The molecule has 0 spiro atoms. The molecule has 2 aromatic carbocycles. The van der Waals surface area contributed by atoms with E-state index in [0.717, 1.165) is 42.5 Å². The molecular formula is C22H28FN2OY+. The summed E-state index contributed by atoms with van der Waals surface area (Å²) >= 11 is 0. The minimum absolute atomic E-state index is 0. The minimum Gasteiger partial charge on any atom is -0.321 e. The Balaban J connectivity index is 0.00000261. The van der Waals surface area contributed by atoms with E-state index >= 15 is 0 Å². The molecule has 3 nitrogen and oxygen atoms in total. The average Bonchev–Trinajstić information content (AvgIpc) is 2.84. The number of hydrogen-bond acceptors (Lipinski definition) is 1. The van der Waals surface area contributed by atoms with Crippen LogP contribution in [0.15, 0.2) is 48.5 Å². The van der Waals surface area contributed by atoms with E-state index < -0.39 is 0 Å². The van der Waals surface area contributed by atoms with Crippen molar-refractivity contribution in [2.45, 2.75) is 39.2 Å². The number of nitrogens with zero attached hydrogens (tertiary/aromatic N) is 1. The van der Waals surface area contributed by atoms with Gasteiger partial charge in [-0.3, -0.25) is 4.79 Å². The predicted octanol–water partition coefficient (Wildman–Crippen LogP) is 4.66. The van der Waals surface area contributed by atoms with Gasteiger partial charge in [0.2, 0.25) is 0 Å². The zero-order chi connectivity index (χ0) is 18.4. The van der Waals surface area contributed by atoms with Crippen molar-refractivity contribution in [3.63, 3.8) is 0 Å². The van der Waals surface area contributed by atoms with Crippen LogP contribution in [0, 0.1) is 12.7 Å². The molecule has 1 heterocycles. The molecule has 0 bridgehead atoms. The summed E-state index contributed by atoms with van der Waals surface area (Å²) in [5.41, 5.74) is 2.72. The summed E-state index contributed by atoms with van der Waals surface area (Å²) < 4.78 is 14.3. The third-order valence-electron chi connectivity index (χ3n) is 5.33. The molecule has 5 heteroatoms. The second-order valence-corrected chi connectivity index (χ2v) is 7.51. The summed E-state index contributed by atoms with van der Waals surface area (Å²) in [6, 6.07) is 14.9. The Kier molecular flexibility index (Phi) is 8.59. The molecule has 1 fully saturated rings. The van der Waals surface area contributed by atoms with E-state index in [4.69, 9.17) is 0 Å². The van der Waals surface area contributed by atoms with Crippen LogP contribution >= 0.6 is 0 Å². The van der Waals surface area contributed by atoms with Crippen molar-refractivity contribution in [3.8, 4) is 0 Å². The molecule has 1 aliphatic heterocycles. The first-order chi connectivity index (χ1) is 12.6. The maximum atomic E-state index is 13.5. The van der Waals surface area contributed by atoms with Crippen molar-refractivity contribution in [2.24, 2.45) is 0 Å². The zero-order valence-electron chi connectivity index (χ0n) is 16.1. The molecule has 141 valence electrons. The van der Waals surface area contributed by atoms with Gasteiger partial charge >= 0.3 is 0 Å². The second-order valence-electron chi connectivity index (χ2n) is 7.51. The van der Waals surface area contributed by atoms with Gasteiger partial charge in [-0.1, -0.05) is 36.4 Å². The fourth-order valence-electron chi connectivity index (χ4n) is 3.93. The first-order valence-corrected chi connectivity index (χ1v) is 9.51. The van der Waals surface area contributed by atoms with E-state index in [1.54, 1.807) is 6.07 Å². The normalized spacial score (nSPS) is 16.1. The molecule has 2 aromatic rings. The van der Waals surface area contributed by atoms with Gasteiger partial charge in [0.25, 0.3) is 5.91 Å². The number of amides is 1. The Bertz CT molecular complexity index is 743. The molecule has 1 radical (unpaired) electrons. The van der Waals surface area contributed by atoms with Crippen molar-refractivity contribution < 1.29 is 46.4 Å². The number of hydrogen-bond donors (Lipinski definition) is 1. The van der Waals surface area contributed by atoms with Crippen molar-refractivity contribution in [1.29, 1.82) is 0 Å². The van der Waals surface area contributed by atoms with Crippen LogP contribution in [-0.2, 0) is 44.0 Å². The summed E-state index contributed by atoms with van der Waals surface area (Å²) in [4.78, 5) is 12.8. The first kappa shape index (κ1) is 22.2. The average molecular weight is 444 g/mol. The number of carbonyl (C=O) groups excluding carboxylic acids is 1. The standard InChI is InChI=1S/C22H27FN2O.Y/c1-18-11-12-20(23)15-21(18)24-22(26)17-25(13-7-2-3-8-14-25)16-19-9-5-4-6-10-19;/h4-6,9-12,15H,2-3,7-8,13-14,16-17H2,1H3;/p+1. The molecule has 1 aliphatic rings. The van der Waals surface area contributed by atoms with Gasteiger partial charge in [-0.25, -0.2) is 4.39 Å². The predicted molar refractivity (Wildman–Crippen MR) is 103 cm³/mol. The molecule has 1 amide bonds. The summed E-state index contributed by atoms with van der Waals surface area (Å²) in [5.74, 6) is -0.356. The Morgan fingerprint density at radius 3 is 2.37 bits per heavy atom. The summed E-state index contributed by atoms with van der Waals surface area (Å²) in [6.07, 6.45) is 4.77. The fraction of sp³-hybridized carbons (Fsp3) is 0.409. The molecule has 0 atom stereocenters. The molecule has 3 rings (SSSR count). The smallest absolute Gasteiger partial charge is 0.279 e. The van der Waals surface area contributed by atoms with Gasteiger partial charge in [-0.2, -0.15) is 0 Å². The first-order valence-electron chi connectivity index (χ1n) is 9.51. The van der Waals surface area contributed by atoms with Gasteiger partial charge in [0.1, 0.15) is 12.4 Å². The number of likely N-dealkylation sites (tertiary alicyclic amines) is 1. The fourth-order valence-corrected chi connectivity index (χ4v) is 3.93. The van der Waals surface area contributed by atoms with Crippen molar-refractivity contribution in [2.75, 3.05) is 25.0 Å². The Morgan fingerprint density at radius 1 is 1.04 bits per heavy atom. The van der Waals surface area contributed by atoms with Gasteiger partial charge < -0.3 is 9.80 Å². The van der Waals surface area contributed by atoms with Crippen LogP contribution in [0.2, 0.25) is 0 Å². The van der Waals surface area contributed by atoms with Crippen LogP contribution in [0.4, 0.5) is 10.1 Å². The number of anilines is 1. The minimum atomic E-state index is -0.325. The van der Waals surface area contributed by atoms with Gasteiger partial charge in [-0.05, 0) is 50.3 Å². The SMILES string of the molecule is Cc1ccc(F)cc1NC(=O)C[N+]1(Cc2ccccc2)CCCCCC1.[Y]. The molecule has 1 saturated heterocycles. The molecule has 0 saturated carbocycles.